The van der Waals surface area contributed by atoms with Crippen molar-refractivity contribution in [2.24, 2.45) is 0 Å². The molecule has 0 aliphatic heterocycles. The highest BCUT2D eigenvalue weighted by Gasteiger charge is 2.14. The van der Waals surface area contributed by atoms with Gasteiger partial charge in [0.05, 0.1) is 0 Å². The fraction of sp³-hybridized carbons (Fsp3) is 0.214. The normalized spacial score (nSPS) is 10.9. The summed E-state index contributed by atoms with van der Waals surface area (Å²) in [6.45, 7) is 3.15. The van der Waals surface area contributed by atoms with E-state index in [1.54, 1.807) is 6.33 Å². The number of ether oxygens (including phenoxy) is 1. The number of rotatable bonds is 4. The molecule has 6 nitrogen and oxygen atoms in total. The van der Waals surface area contributed by atoms with Crippen LogP contribution < -0.4 is 15.5 Å². The molecule has 0 atom stereocenters. The van der Waals surface area contributed by atoms with Crippen molar-refractivity contribution in [1.82, 2.24) is 14.5 Å². The van der Waals surface area contributed by atoms with Crippen LogP contribution in [0.3, 0.4) is 0 Å². The van der Waals surface area contributed by atoms with Gasteiger partial charge in [-0.15, -0.1) is 0 Å². The van der Waals surface area contributed by atoms with E-state index in [0.29, 0.717) is 23.7 Å². The van der Waals surface area contributed by atoms with Gasteiger partial charge >= 0.3 is 0 Å². The molecule has 108 valence electrons. The molecular weight excluding hydrogens is 286 g/mol. The molecule has 0 aliphatic rings. The van der Waals surface area contributed by atoms with Crippen LogP contribution in [0.1, 0.15) is 5.56 Å². The quantitative estimate of drug-likeness (QED) is 0.721. The lowest BCUT2D eigenvalue weighted by atomic mass is 10.2. The van der Waals surface area contributed by atoms with E-state index in [0.717, 1.165) is 22.5 Å². The van der Waals surface area contributed by atoms with Gasteiger partial charge in [-0.05, 0) is 30.8 Å². The average molecular weight is 302 g/mol. The molecule has 2 heterocycles. The van der Waals surface area contributed by atoms with Gasteiger partial charge < -0.3 is 15.5 Å². The first-order valence-corrected chi connectivity index (χ1v) is 7.01. The van der Waals surface area contributed by atoms with Crippen molar-refractivity contribution in [1.29, 1.82) is 0 Å². The van der Waals surface area contributed by atoms with Crippen LogP contribution in [0.15, 0.2) is 30.6 Å². The van der Waals surface area contributed by atoms with Crippen molar-refractivity contribution in [2.45, 2.75) is 13.5 Å². The van der Waals surface area contributed by atoms with Crippen LogP contribution in [-0.2, 0) is 6.54 Å². The number of aryl methyl sites for hydroxylation is 1. The fourth-order valence-electron chi connectivity index (χ4n) is 2.21. The maximum atomic E-state index is 5.82. The van der Waals surface area contributed by atoms with Gasteiger partial charge in [0, 0.05) is 0 Å². The molecule has 3 aromatic rings. The Balaban J connectivity index is 1.80. The number of benzene rings is 1. The third kappa shape index (κ3) is 2.59. The lowest BCUT2D eigenvalue weighted by Crippen LogP contribution is -2.15. The van der Waals surface area contributed by atoms with Crippen molar-refractivity contribution in [2.75, 3.05) is 12.3 Å². The predicted octanol–water partition coefficient (Wildman–Crippen LogP) is 1.88. The van der Waals surface area contributed by atoms with E-state index in [9.17, 15) is 0 Å². The first kappa shape index (κ1) is 13.6. The van der Waals surface area contributed by atoms with Crippen molar-refractivity contribution in [3.8, 4) is 5.75 Å². The average Bonchev–Trinajstić information content (AvgIpc) is 2.79. The topological polar surface area (TPSA) is 83.0 Å². The van der Waals surface area contributed by atoms with Crippen LogP contribution in [0, 0.1) is 11.7 Å². The van der Waals surface area contributed by atoms with E-state index < -0.39 is 0 Å². The zero-order valence-electron chi connectivity index (χ0n) is 11.6. The maximum absolute atomic E-state index is 5.82. The Morgan fingerprint density at radius 2 is 2.24 bits per heavy atom. The Labute approximate surface area is 126 Å². The SMILES string of the molecule is Cc1ccccc1OCCn1c(=S)[nH]c2c(N)nc[nH+]c21. The van der Waals surface area contributed by atoms with Crippen molar-refractivity contribution < 1.29 is 9.72 Å². The van der Waals surface area contributed by atoms with E-state index in [1.165, 1.54) is 0 Å². The van der Waals surface area contributed by atoms with Gasteiger partial charge in [0.2, 0.25) is 16.9 Å². The van der Waals surface area contributed by atoms with Gasteiger partial charge in [-0.25, -0.2) is 9.55 Å². The van der Waals surface area contributed by atoms with Gasteiger partial charge in [0.15, 0.2) is 5.52 Å². The monoisotopic (exact) mass is 302 g/mol. The summed E-state index contributed by atoms with van der Waals surface area (Å²) < 4.78 is 8.31. The Bertz CT molecular complexity index is 839. The molecule has 7 heteroatoms. The molecule has 0 spiro atoms. The number of H-pyrrole nitrogens is 2. The molecule has 0 aliphatic carbocycles. The number of hydrogen-bond donors (Lipinski definition) is 2. The van der Waals surface area contributed by atoms with Crippen LogP contribution in [0.5, 0.6) is 5.75 Å². The molecule has 21 heavy (non-hydrogen) atoms. The number of fused-ring (bicyclic) bond motifs is 1. The number of anilines is 1. The third-order valence-electron chi connectivity index (χ3n) is 3.31. The third-order valence-corrected chi connectivity index (χ3v) is 3.63. The van der Waals surface area contributed by atoms with E-state index in [-0.39, 0.29) is 0 Å². The molecule has 0 fully saturated rings. The summed E-state index contributed by atoms with van der Waals surface area (Å²) in [5.41, 5.74) is 8.48. The number of nitrogen functional groups attached to an aromatic ring is 1. The van der Waals surface area contributed by atoms with Crippen LogP contribution in [-0.4, -0.2) is 21.1 Å². The van der Waals surface area contributed by atoms with Gasteiger partial charge in [0.25, 0.3) is 5.65 Å². The summed E-state index contributed by atoms with van der Waals surface area (Å²) in [5, 5.41) is 0. The van der Waals surface area contributed by atoms with Crippen molar-refractivity contribution >= 4 is 29.2 Å². The van der Waals surface area contributed by atoms with E-state index in [4.69, 9.17) is 22.7 Å². The smallest absolute Gasteiger partial charge is 0.257 e. The summed E-state index contributed by atoms with van der Waals surface area (Å²) in [7, 11) is 0. The van der Waals surface area contributed by atoms with Crippen LogP contribution >= 0.6 is 12.2 Å². The van der Waals surface area contributed by atoms with Crippen LogP contribution in [0.25, 0.3) is 11.2 Å². The highest BCUT2D eigenvalue weighted by Crippen LogP contribution is 2.17. The van der Waals surface area contributed by atoms with E-state index in [2.05, 4.69) is 15.0 Å². The summed E-state index contributed by atoms with van der Waals surface area (Å²) >= 11 is 5.32. The molecule has 0 bridgehead atoms. The van der Waals surface area contributed by atoms with E-state index in [1.807, 2.05) is 35.8 Å². The number of imidazole rings is 1. The van der Waals surface area contributed by atoms with Crippen molar-refractivity contribution in [3.63, 3.8) is 0 Å². The summed E-state index contributed by atoms with van der Waals surface area (Å²) in [5.74, 6) is 1.31. The first-order valence-electron chi connectivity index (χ1n) is 6.60. The van der Waals surface area contributed by atoms with Gasteiger partial charge in [-0.2, -0.15) is 0 Å². The highest BCUT2D eigenvalue weighted by molar-refractivity contribution is 7.71. The molecule has 0 radical (unpaired) electrons. The molecule has 0 saturated carbocycles. The predicted molar refractivity (Wildman–Crippen MR) is 82.6 cm³/mol. The number of hydrogen-bond acceptors (Lipinski definition) is 4. The standard InChI is InChI=1S/C14H15N5OS/c1-9-4-2-3-5-10(9)20-7-6-19-13-11(18-14(19)21)12(15)16-8-17-13/h2-5,8H,6-7H2,1H3,(H,18,21)(H2,15,16,17)/p+1. The minimum atomic E-state index is 0.424. The van der Waals surface area contributed by atoms with Gasteiger partial charge in [0.1, 0.15) is 18.9 Å². The molecule has 0 saturated heterocycles. The zero-order chi connectivity index (χ0) is 14.8. The molecule has 3 rings (SSSR count). The Kier molecular flexibility index (Phi) is 3.57. The molecule has 1 aromatic carbocycles. The minimum Gasteiger partial charge on any atom is -0.490 e. The molecule has 0 unspecified atom stereocenters. The van der Waals surface area contributed by atoms with Crippen LogP contribution in [0.4, 0.5) is 5.82 Å². The summed E-state index contributed by atoms with van der Waals surface area (Å²) in [6.07, 6.45) is 1.55. The molecule has 4 N–H and O–H groups in total. The number of para-hydroxylation sites is 1. The van der Waals surface area contributed by atoms with Gasteiger partial charge in [-0.1, -0.05) is 23.2 Å². The second kappa shape index (κ2) is 5.53. The highest BCUT2D eigenvalue weighted by atomic mass is 32.1. The molecular formula is C14H16N5OS+. The molecule has 0 amide bonds. The lowest BCUT2D eigenvalue weighted by Gasteiger charge is -2.07. The summed E-state index contributed by atoms with van der Waals surface area (Å²) in [6, 6.07) is 7.92. The maximum Gasteiger partial charge on any atom is 0.257 e. The zero-order valence-corrected chi connectivity index (χ0v) is 12.4. The number of aromatic nitrogens is 4. The second-order valence-corrected chi connectivity index (χ2v) is 5.09. The van der Waals surface area contributed by atoms with Gasteiger partial charge in [-0.3, -0.25) is 0 Å². The summed E-state index contributed by atoms with van der Waals surface area (Å²) in [4.78, 5) is 10.1. The van der Waals surface area contributed by atoms with E-state index >= 15 is 0 Å². The number of aromatic amines is 2. The Morgan fingerprint density at radius 1 is 1.43 bits per heavy atom. The number of nitrogens with two attached hydrogens (primary N) is 1. The number of nitrogens with zero attached hydrogens (tertiary/aromatic N) is 2. The fourth-order valence-corrected chi connectivity index (χ4v) is 2.50. The molecule has 2 aromatic heterocycles. The first-order chi connectivity index (χ1) is 10.2. The number of nitrogens with one attached hydrogen (secondary N) is 2. The lowest BCUT2D eigenvalue weighted by molar-refractivity contribution is -0.354. The van der Waals surface area contributed by atoms with Crippen molar-refractivity contribution in [3.05, 3.63) is 40.9 Å². The second-order valence-electron chi connectivity index (χ2n) is 4.71. The minimum absolute atomic E-state index is 0.424. The Morgan fingerprint density at radius 3 is 3.05 bits per heavy atom. The van der Waals surface area contributed by atoms with Crippen LogP contribution in [0.2, 0.25) is 0 Å². The largest absolute Gasteiger partial charge is 0.490 e. The Hall–Kier alpha value is -2.41.